The van der Waals surface area contributed by atoms with Crippen molar-refractivity contribution in [2.24, 2.45) is 0 Å². The van der Waals surface area contributed by atoms with Gasteiger partial charge in [0.1, 0.15) is 11.7 Å². The molecule has 2 unspecified atom stereocenters. The average molecular weight is 320 g/mol. The van der Waals surface area contributed by atoms with E-state index in [-0.39, 0.29) is 34.4 Å². The van der Waals surface area contributed by atoms with Crippen LogP contribution in [0.1, 0.15) is 29.8 Å². The SMILES string of the molecule is O=C(NC1CCCCN1C1C(=O)CSC1=O)c1cnccn1. The molecule has 1 N–H and O–H groups in total. The third kappa shape index (κ3) is 3.02. The van der Waals surface area contributed by atoms with E-state index in [0.29, 0.717) is 13.0 Å². The van der Waals surface area contributed by atoms with Crippen LogP contribution in [0.15, 0.2) is 18.6 Å². The minimum Gasteiger partial charge on any atom is -0.335 e. The van der Waals surface area contributed by atoms with Crippen LogP contribution in [0, 0.1) is 0 Å². The number of nitrogens with zero attached hydrogens (tertiary/aromatic N) is 3. The summed E-state index contributed by atoms with van der Waals surface area (Å²) in [5.41, 5.74) is 0.228. The van der Waals surface area contributed by atoms with Crippen molar-refractivity contribution < 1.29 is 14.4 Å². The molecule has 0 radical (unpaired) electrons. The average Bonchev–Trinajstić information content (AvgIpc) is 2.88. The molecule has 22 heavy (non-hydrogen) atoms. The zero-order valence-electron chi connectivity index (χ0n) is 11.9. The largest absolute Gasteiger partial charge is 0.335 e. The molecule has 1 aromatic heterocycles. The fraction of sp³-hybridized carbons (Fsp3) is 0.500. The summed E-state index contributed by atoms with van der Waals surface area (Å²) in [7, 11) is 0. The third-order valence-corrected chi connectivity index (χ3v) is 4.79. The molecule has 0 saturated carbocycles. The smallest absolute Gasteiger partial charge is 0.272 e. The summed E-state index contributed by atoms with van der Waals surface area (Å²) in [4.78, 5) is 45.8. The van der Waals surface area contributed by atoms with Gasteiger partial charge in [0.05, 0.1) is 18.1 Å². The third-order valence-electron chi connectivity index (χ3n) is 3.85. The number of hydrogen-bond donors (Lipinski definition) is 1. The first-order valence-corrected chi connectivity index (χ1v) is 8.17. The van der Waals surface area contributed by atoms with Gasteiger partial charge in [-0.3, -0.25) is 24.3 Å². The molecule has 8 heteroatoms. The molecule has 2 fully saturated rings. The summed E-state index contributed by atoms with van der Waals surface area (Å²) >= 11 is 1.06. The number of nitrogens with one attached hydrogen (secondary N) is 1. The Morgan fingerprint density at radius 3 is 2.86 bits per heavy atom. The van der Waals surface area contributed by atoms with Crippen molar-refractivity contribution in [2.45, 2.75) is 31.5 Å². The molecule has 2 aliphatic rings. The Morgan fingerprint density at radius 2 is 2.18 bits per heavy atom. The molecule has 2 saturated heterocycles. The number of hydrogen-bond acceptors (Lipinski definition) is 7. The lowest BCUT2D eigenvalue weighted by Crippen LogP contribution is -2.57. The summed E-state index contributed by atoms with van der Waals surface area (Å²) < 4.78 is 0. The molecule has 116 valence electrons. The topological polar surface area (TPSA) is 92.3 Å². The molecule has 0 spiro atoms. The Kier molecular flexibility index (Phi) is 4.49. The van der Waals surface area contributed by atoms with Gasteiger partial charge in [0.2, 0.25) is 5.12 Å². The van der Waals surface area contributed by atoms with Crippen molar-refractivity contribution in [3.8, 4) is 0 Å². The van der Waals surface area contributed by atoms with Crippen LogP contribution in [0.25, 0.3) is 0 Å². The maximum absolute atomic E-state index is 12.2. The number of piperidine rings is 1. The van der Waals surface area contributed by atoms with Gasteiger partial charge in [-0.05, 0) is 19.3 Å². The van der Waals surface area contributed by atoms with E-state index >= 15 is 0 Å². The van der Waals surface area contributed by atoms with Crippen LogP contribution in [0.2, 0.25) is 0 Å². The summed E-state index contributed by atoms with van der Waals surface area (Å²) in [6.45, 7) is 0.633. The first kappa shape index (κ1) is 15.1. The van der Waals surface area contributed by atoms with E-state index in [1.165, 1.54) is 18.6 Å². The van der Waals surface area contributed by atoms with Gasteiger partial charge in [0.25, 0.3) is 5.91 Å². The van der Waals surface area contributed by atoms with Gasteiger partial charge in [-0.2, -0.15) is 0 Å². The fourth-order valence-corrected chi connectivity index (χ4v) is 3.68. The molecule has 3 heterocycles. The van der Waals surface area contributed by atoms with Crippen molar-refractivity contribution in [1.82, 2.24) is 20.2 Å². The highest BCUT2D eigenvalue weighted by Crippen LogP contribution is 2.27. The molecule has 0 aliphatic carbocycles. The van der Waals surface area contributed by atoms with E-state index < -0.39 is 6.04 Å². The molecule has 0 aromatic carbocycles. The number of likely N-dealkylation sites (tertiary alicyclic amines) is 1. The quantitative estimate of drug-likeness (QED) is 0.797. The van der Waals surface area contributed by atoms with Crippen LogP contribution >= 0.6 is 11.8 Å². The van der Waals surface area contributed by atoms with Crippen molar-refractivity contribution in [3.05, 3.63) is 24.3 Å². The van der Waals surface area contributed by atoms with E-state index in [9.17, 15) is 14.4 Å². The van der Waals surface area contributed by atoms with Crippen LogP contribution in [-0.2, 0) is 9.59 Å². The second-order valence-electron chi connectivity index (χ2n) is 5.29. The van der Waals surface area contributed by atoms with Gasteiger partial charge in [0.15, 0.2) is 5.78 Å². The number of thioether (sulfide) groups is 1. The molecular formula is C14H16N4O3S. The minimum absolute atomic E-state index is 0.0735. The standard InChI is InChI=1S/C14H16N4O3S/c19-10-8-22-14(21)12(10)18-6-2-1-3-11(18)17-13(20)9-7-15-4-5-16-9/h4-5,7,11-12H,1-3,6,8H2,(H,17,20). The molecule has 3 rings (SSSR count). The predicted octanol–water partition coefficient (Wildman–Crippen LogP) is 0.229. The van der Waals surface area contributed by atoms with Crippen molar-refractivity contribution in [1.29, 1.82) is 0 Å². The summed E-state index contributed by atoms with van der Waals surface area (Å²) in [6, 6.07) is -0.725. The summed E-state index contributed by atoms with van der Waals surface area (Å²) in [6.07, 6.45) is 6.60. The normalized spacial score (nSPS) is 26.2. The Hall–Kier alpha value is -1.80. The molecule has 0 bridgehead atoms. The monoisotopic (exact) mass is 320 g/mol. The van der Waals surface area contributed by atoms with E-state index in [1.54, 1.807) is 0 Å². The minimum atomic E-state index is -0.725. The van der Waals surface area contributed by atoms with E-state index in [2.05, 4.69) is 15.3 Å². The van der Waals surface area contributed by atoms with Crippen LogP contribution in [0.4, 0.5) is 0 Å². The van der Waals surface area contributed by atoms with Crippen molar-refractivity contribution in [3.63, 3.8) is 0 Å². The lowest BCUT2D eigenvalue weighted by atomic mass is 10.0. The highest BCUT2D eigenvalue weighted by molar-refractivity contribution is 8.15. The van der Waals surface area contributed by atoms with Crippen molar-refractivity contribution in [2.75, 3.05) is 12.3 Å². The number of Topliss-reactive ketones (excluding diaryl/α,β-unsaturated/α-hetero) is 1. The molecule has 1 amide bonds. The Labute approximate surface area is 131 Å². The second-order valence-corrected chi connectivity index (χ2v) is 6.27. The highest BCUT2D eigenvalue weighted by Gasteiger charge is 2.42. The van der Waals surface area contributed by atoms with E-state index in [1.807, 2.05) is 4.90 Å². The Balaban J connectivity index is 1.74. The first-order chi connectivity index (χ1) is 10.7. The van der Waals surface area contributed by atoms with Gasteiger partial charge >= 0.3 is 0 Å². The van der Waals surface area contributed by atoms with Crippen LogP contribution in [0.3, 0.4) is 0 Å². The zero-order chi connectivity index (χ0) is 15.5. The number of carbonyl (C=O) groups excluding carboxylic acids is 3. The molecule has 2 atom stereocenters. The van der Waals surface area contributed by atoms with Crippen LogP contribution < -0.4 is 5.32 Å². The Bertz CT molecular complexity index is 579. The second kappa shape index (κ2) is 6.53. The van der Waals surface area contributed by atoms with E-state index in [0.717, 1.165) is 24.6 Å². The summed E-state index contributed by atoms with van der Waals surface area (Å²) in [5.74, 6) is -0.184. The number of aromatic nitrogens is 2. The lowest BCUT2D eigenvalue weighted by molar-refractivity contribution is -0.129. The highest BCUT2D eigenvalue weighted by atomic mass is 32.2. The zero-order valence-corrected chi connectivity index (χ0v) is 12.7. The van der Waals surface area contributed by atoms with Gasteiger partial charge in [-0.15, -0.1) is 0 Å². The van der Waals surface area contributed by atoms with Crippen molar-refractivity contribution >= 4 is 28.6 Å². The molecular weight excluding hydrogens is 304 g/mol. The van der Waals surface area contributed by atoms with Gasteiger partial charge in [-0.1, -0.05) is 11.8 Å². The number of carbonyl (C=O) groups is 3. The summed E-state index contributed by atoms with van der Waals surface area (Å²) in [5, 5.41) is 2.75. The maximum Gasteiger partial charge on any atom is 0.272 e. The number of ketones is 1. The fourth-order valence-electron chi connectivity index (χ4n) is 2.81. The molecule has 7 nitrogen and oxygen atoms in total. The number of amides is 1. The number of rotatable bonds is 3. The predicted molar refractivity (Wildman–Crippen MR) is 80.1 cm³/mol. The molecule has 1 aromatic rings. The van der Waals surface area contributed by atoms with Gasteiger partial charge in [-0.25, -0.2) is 4.98 Å². The van der Waals surface area contributed by atoms with E-state index in [4.69, 9.17) is 0 Å². The molecule has 2 aliphatic heterocycles. The maximum atomic E-state index is 12.2. The van der Waals surface area contributed by atoms with Crippen LogP contribution in [0.5, 0.6) is 0 Å². The first-order valence-electron chi connectivity index (χ1n) is 7.19. The lowest BCUT2D eigenvalue weighted by Gasteiger charge is -2.38. The van der Waals surface area contributed by atoms with Gasteiger partial charge < -0.3 is 5.32 Å². The van der Waals surface area contributed by atoms with Gasteiger partial charge in [0, 0.05) is 18.9 Å². The Morgan fingerprint density at radius 1 is 1.32 bits per heavy atom. The van der Waals surface area contributed by atoms with Crippen LogP contribution in [-0.4, -0.2) is 56.2 Å².